The van der Waals surface area contributed by atoms with E-state index in [-0.39, 0.29) is 11.6 Å². The molecular formula is C11H9NO4. The van der Waals surface area contributed by atoms with Gasteiger partial charge in [0.25, 0.3) is 11.6 Å². The van der Waals surface area contributed by atoms with E-state index in [0.29, 0.717) is 16.9 Å². The molecule has 0 spiro atoms. The van der Waals surface area contributed by atoms with Crippen molar-refractivity contribution in [3.8, 4) is 17.3 Å². The van der Waals surface area contributed by atoms with Gasteiger partial charge in [-0.05, 0) is 25.1 Å². The van der Waals surface area contributed by atoms with Crippen molar-refractivity contribution in [2.45, 2.75) is 6.92 Å². The molecule has 1 aromatic carbocycles. The first-order chi connectivity index (χ1) is 7.58. The Labute approximate surface area is 91.1 Å². The molecule has 1 heterocycles. The normalized spacial score (nSPS) is 10.3. The van der Waals surface area contributed by atoms with Gasteiger partial charge in [-0.3, -0.25) is 10.1 Å². The van der Waals surface area contributed by atoms with Crippen molar-refractivity contribution in [2.75, 3.05) is 0 Å². The number of hydrogen-bond acceptors (Lipinski definition) is 4. The van der Waals surface area contributed by atoms with Gasteiger partial charge < -0.3 is 9.52 Å². The maximum atomic E-state index is 10.4. The molecule has 5 heteroatoms. The third-order valence-electron chi connectivity index (χ3n) is 2.25. The Balaban J connectivity index is 2.38. The molecule has 0 aliphatic rings. The summed E-state index contributed by atoms with van der Waals surface area (Å²) in [5.41, 5.74) is 1.35. The van der Waals surface area contributed by atoms with Crippen LogP contribution in [0.5, 0.6) is 5.95 Å². The maximum absolute atomic E-state index is 10.4. The lowest BCUT2D eigenvalue weighted by atomic mass is 10.1. The topological polar surface area (TPSA) is 76.5 Å². The monoisotopic (exact) mass is 219 g/mol. The summed E-state index contributed by atoms with van der Waals surface area (Å²) < 4.78 is 5.09. The van der Waals surface area contributed by atoms with E-state index in [1.54, 1.807) is 25.1 Å². The van der Waals surface area contributed by atoms with Crippen LogP contribution in [0, 0.1) is 17.0 Å². The number of aryl methyl sites for hydroxylation is 1. The minimum atomic E-state index is -0.464. The highest BCUT2D eigenvalue weighted by Crippen LogP contribution is 2.30. The molecule has 1 aromatic heterocycles. The minimum Gasteiger partial charge on any atom is -0.481 e. The van der Waals surface area contributed by atoms with Crippen molar-refractivity contribution in [1.82, 2.24) is 0 Å². The summed E-state index contributed by atoms with van der Waals surface area (Å²) in [6.07, 6.45) is 0. The number of rotatable bonds is 2. The lowest BCUT2D eigenvalue weighted by molar-refractivity contribution is -0.384. The standard InChI is InChI=1S/C11H9NO4/c1-7-6-10(16-11(7)13)8-2-4-9(5-3-8)12(14)15/h2-6,13H,1H3. The van der Waals surface area contributed by atoms with Crippen molar-refractivity contribution < 1.29 is 14.4 Å². The van der Waals surface area contributed by atoms with Gasteiger partial charge in [0.15, 0.2) is 0 Å². The van der Waals surface area contributed by atoms with Crippen LogP contribution in [0.2, 0.25) is 0 Å². The Morgan fingerprint density at radius 2 is 1.94 bits per heavy atom. The van der Waals surface area contributed by atoms with Gasteiger partial charge in [-0.25, -0.2) is 0 Å². The molecule has 0 unspecified atom stereocenters. The molecule has 1 N–H and O–H groups in total. The number of non-ortho nitro benzene ring substituents is 1. The summed E-state index contributed by atoms with van der Waals surface area (Å²) in [6.45, 7) is 1.72. The van der Waals surface area contributed by atoms with E-state index in [1.807, 2.05) is 0 Å². The molecule has 0 bridgehead atoms. The van der Waals surface area contributed by atoms with Crippen LogP contribution in [-0.4, -0.2) is 10.0 Å². The average Bonchev–Trinajstić information content (AvgIpc) is 2.59. The quantitative estimate of drug-likeness (QED) is 0.622. The van der Waals surface area contributed by atoms with E-state index in [1.165, 1.54) is 12.1 Å². The summed E-state index contributed by atoms with van der Waals surface area (Å²) in [7, 11) is 0. The third kappa shape index (κ3) is 1.75. The highest BCUT2D eigenvalue weighted by atomic mass is 16.6. The highest BCUT2D eigenvalue weighted by Gasteiger charge is 2.10. The number of aromatic hydroxyl groups is 1. The predicted octanol–water partition coefficient (Wildman–Crippen LogP) is 2.87. The van der Waals surface area contributed by atoms with Gasteiger partial charge in [0.1, 0.15) is 5.76 Å². The largest absolute Gasteiger partial charge is 0.481 e. The fraction of sp³-hybridized carbons (Fsp3) is 0.0909. The summed E-state index contributed by atoms with van der Waals surface area (Å²) >= 11 is 0. The Hall–Kier alpha value is -2.30. The Bertz CT molecular complexity index is 508. The number of nitro benzene ring substituents is 1. The van der Waals surface area contributed by atoms with Crippen molar-refractivity contribution in [1.29, 1.82) is 0 Å². The fourth-order valence-corrected chi connectivity index (χ4v) is 1.36. The van der Waals surface area contributed by atoms with Gasteiger partial charge in [-0.2, -0.15) is 0 Å². The number of nitro groups is 1. The average molecular weight is 219 g/mol. The zero-order chi connectivity index (χ0) is 11.7. The van der Waals surface area contributed by atoms with E-state index < -0.39 is 4.92 Å². The lowest BCUT2D eigenvalue weighted by Crippen LogP contribution is -1.86. The van der Waals surface area contributed by atoms with Gasteiger partial charge in [0.2, 0.25) is 0 Å². The summed E-state index contributed by atoms with van der Waals surface area (Å²) in [6, 6.07) is 7.62. The van der Waals surface area contributed by atoms with Crippen LogP contribution in [0.1, 0.15) is 5.56 Å². The number of benzene rings is 1. The van der Waals surface area contributed by atoms with Crippen LogP contribution >= 0.6 is 0 Å². The van der Waals surface area contributed by atoms with Crippen molar-refractivity contribution >= 4 is 5.69 Å². The second kappa shape index (κ2) is 3.69. The van der Waals surface area contributed by atoms with Gasteiger partial charge in [0, 0.05) is 23.3 Å². The zero-order valence-electron chi connectivity index (χ0n) is 8.51. The Kier molecular flexibility index (Phi) is 2.36. The molecule has 0 atom stereocenters. The highest BCUT2D eigenvalue weighted by molar-refractivity contribution is 5.61. The van der Waals surface area contributed by atoms with Gasteiger partial charge in [0.05, 0.1) is 4.92 Å². The molecular weight excluding hydrogens is 210 g/mol. The first-order valence-electron chi connectivity index (χ1n) is 4.62. The molecule has 0 fully saturated rings. The zero-order valence-corrected chi connectivity index (χ0v) is 8.51. The second-order valence-electron chi connectivity index (χ2n) is 3.40. The molecule has 5 nitrogen and oxygen atoms in total. The smallest absolute Gasteiger partial charge is 0.285 e. The Morgan fingerprint density at radius 1 is 1.31 bits per heavy atom. The van der Waals surface area contributed by atoms with E-state index in [2.05, 4.69) is 0 Å². The van der Waals surface area contributed by atoms with Crippen molar-refractivity contribution in [2.24, 2.45) is 0 Å². The second-order valence-corrected chi connectivity index (χ2v) is 3.40. The number of nitrogens with zero attached hydrogens (tertiary/aromatic N) is 1. The van der Waals surface area contributed by atoms with Crippen molar-refractivity contribution in [3.05, 3.63) is 46.0 Å². The summed E-state index contributed by atoms with van der Waals surface area (Å²) in [5.74, 6) is 0.359. The molecule has 0 saturated heterocycles. The number of furan rings is 1. The van der Waals surface area contributed by atoms with Crippen LogP contribution < -0.4 is 0 Å². The molecule has 0 saturated carbocycles. The minimum absolute atomic E-state index is 0.0243. The van der Waals surface area contributed by atoms with E-state index in [4.69, 9.17) is 4.42 Å². The van der Waals surface area contributed by atoms with E-state index in [0.717, 1.165) is 0 Å². The van der Waals surface area contributed by atoms with Gasteiger partial charge in [-0.15, -0.1) is 0 Å². The molecule has 16 heavy (non-hydrogen) atoms. The molecule has 82 valence electrons. The summed E-state index contributed by atoms with van der Waals surface area (Å²) in [5, 5.41) is 19.7. The Morgan fingerprint density at radius 3 is 2.38 bits per heavy atom. The van der Waals surface area contributed by atoms with Crippen LogP contribution in [0.3, 0.4) is 0 Å². The summed E-state index contributed by atoms with van der Waals surface area (Å²) in [4.78, 5) is 9.99. The molecule has 0 aliphatic carbocycles. The predicted molar refractivity (Wildman–Crippen MR) is 57.2 cm³/mol. The van der Waals surface area contributed by atoms with Crippen LogP contribution in [0.15, 0.2) is 34.7 Å². The maximum Gasteiger partial charge on any atom is 0.285 e. The number of hydrogen-bond donors (Lipinski definition) is 1. The molecule has 0 radical (unpaired) electrons. The van der Waals surface area contributed by atoms with Crippen molar-refractivity contribution in [3.63, 3.8) is 0 Å². The third-order valence-corrected chi connectivity index (χ3v) is 2.25. The van der Waals surface area contributed by atoms with Crippen LogP contribution in [0.25, 0.3) is 11.3 Å². The first-order valence-corrected chi connectivity index (χ1v) is 4.62. The first kappa shape index (κ1) is 10.2. The van der Waals surface area contributed by atoms with E-state index in [9.17, 15) is 15.2 Å². The van der Waals surface area contributed by atoms with Gasteiger partial charge >= 0.3 is 0 Å². The molecule has 0 amide bonds. The lowest BCUT2D eigenvalue weighted by Gasteiger charge is -1.95. The fourth-order valence-electron chi connectivity index (χ4n) is 1.36. The SMILES string of the molecule is Cc1cc(-c2ccc([N+](=O)[O-])cc2)oc1O. The van der Waals surface area contributed by atoms with Gasteiger partial charge in [-0.1, -0.05) is 0 Å². The van der Waals surface area contributed by atoms with E-state index >= 15 is 0 Å². The van der Waals surface area contributed by atoms with Crippen LogP contribution in [-0.2, 0) is 0 Å². The molecule has 2 aromatic rings. The van der Waals surface area contributed by atoms with Crippen LogP contribution in [0.4, 0.5) is 5.69 Å². The molecule has 0 aliphatic heterocycles. The molecule has 2 rings (SSSR count).